The molecule has 1 fully saturated rings. The van der Waals surface area contributed by atoms with Gasteiger partial charge in [-0.05, 0) is 26.3 Å². The van der Waals surface area contributed by atoms with Crippen molar-refractivity contribution in [2.75, 3.05) is 13.6 Å². The van der Waals surface area contributed by atoms with Crippen molar-refractivity contribution in [3.05, 3.63) is 0 Å². The van der Waals surface area contributed by atoms with E-state index in [-0.39, 0.29) is 0 Å². The molecule has 1 heteroatoms. The van der Waals surface area contributed by atoms with Crippen LogP contribution in [0, 0.1) is 0 Å². The van der Waals surface area contributed by atoms with Gasteiger partial charge in [-0.15, -0.1) is 0 Å². The van der Waals surface area contributed by atoms with Crippen molar-refractivity contribution in [3.8, 4) is 0 Å². The number of hydrogen-bond donors (Lipinski definition) is 0. The smallest absolute Gasteiger partial charge is 0.0213 e. The second-order valence-electron chi connectivity index (χ2n) is 3.10. The molecule has 0 radical (unpaired) electrons. The Labute approximate surface area is 58.0 Å². The predicted molar refractivity (Wildman–Crippen MR) is 40.6 cm³/mol. The van der Waals surface area contributed by atoms with Gasteiger partial charge in [-0.2, -0.15) is 0 Å². The molecule has 1 nitrogen and oxygen atoms in total. The molecule has 0 bridgehead atoms. The highest BCUT2D eigenvalue weighted by Crippen LogP contribution is 2.34. The van der Waals surface area contributed by atoms with Crippen LogP contribution in [0.25, 0.3) is 0 Å². The lowest BCUT2D eigenvalue weighted by molar-refractivity contribution is 0.00424. The summed E-state index contributed by atoms with van der Waals surface area (Å²) in [6, 6.07) is 0. The van der Waals surface area contributed by atoms with Crippen LogP contribution in [-0.4, -0.2) is 24.0 Å². The Kier molecular flexibility index (Phi) is 1.80. The average Bonchev–Trinajstić information content (AvgIpc) is 1.89. The Morgan fingerprint density at radius 2 is 1.89 bits per heavy atom. The summed E-state index contributed by atoms with van der Waals surface area (Å²) in [7, 11) is 2.23. The van der Waals surface area contributed by atoms with E-state index in [1.807, 2.05) is 0 Å². The first kappa shape index (κ1) is 7.07. The molecule has 0 aliphatic carbocycles. The number of likely N-dealkylation sites (tertiary alicyclic amines) is 1. The monoisotopic (exact) mass is 127 g/mol. The van der Waals surface area contributed by atoms with Gasteiger partial charge in [0.05, 0.1) is 0 Å². The molecule has 1 saturated heterocycles. The summed E-state index contributed by atoms with van der Waals surface area (Å²) in [5, 5.41) is 0. The molecule has 9 heavy (non-hydrogen) atoms. The van der Waals surface area contributed by atoms with Crippen molar-refractivity contribution < 1.29 is 0 Å². The molecule has 1 aliphatic heterocycles. The highest BCUT2D eigenvalue weighted by atomic mass is 15.2. The lowest BCUT2D eigenvalue weighted by Gasteiger charge is -2.50. The van der Waals surface area contributed by atoms with Gasteiger partial charge in [-0.1, -0.05) is 13.8 Å². The summed E-state index contributed by atoms with van der Waals surface area (Å²) in [6.45, 7) is 5.89. The highest BCUT2D eigenvalue weighted by molar-refractivity contribution is 4.95. The molecular weight excluding hydrogens is 110 g/mol. The summed E-state index contributed by atoms with van der Waals surface area (Å²) >= 11 is 0. The summed E-state index contributed by atoms with van der Waals surface area (Å²) in [5.74, 6) is 0. The highest BCUT2D eigenvalue weighted by Gasteiger charge is 2.38. The van der Waals surface area contributed by atoms with Gasteiger partial charge in [-0.25, -0.2) is 0 Å². The SMILES string of the molecule is CCC1(CC)CCN1C. The molecular formula is C8H17N. The fourth-order valence-electron chi connectivity index (χ4n) is 1.80. The van der Waals surface area contributed by atoms with Crippen LogP contribution in [-0.2, 0) is 0 Å². The van der Waals surface area contributed by atoms with Crippen LogP contribution < -0.4 is 0 Å². The molecule has 0 amide bonds. The molecule has 1 rings (SSSR count). The van der Waals surface area contributed by atoms with E-state index < -0.39 is 0 Å². The lowest BCUT2D eigenvalue weighted by atomic mass is 9.80. The van der Waals surface area contributed by atoms with Crippen LogP contribution >= 0.6 is 0 Å². The minimum atomic E-state index is 0.597. The summed E-state index contributed by atoms with van der Waals surface area (Å²) in [5.41, 5.74) is 0.597. The molecule has 0 saturated carbocycles. The van der Waals surface area contributed by atoms with Gasteiger partial charge >= 0.3 is 0 Å². The Hall–Kier alpha value is -0.0400. The molecule has 0 aromatic rings. The molecule has 1 aliphatic rings. The quantitative estimate of drug-likeness (QED) is 0.547. The predicted octanol–water partition coefficient (Wildman–Crippen LogP) is 1.88. The molecule has 0 N–H and O–H groups in total. The zero-order valence-electron chi connectivity index (χ0n) is 6.78. The molecule has 0 spiro atoms. The molecule has 0 unspecified atom stereocenters. The van der Waals surface area contributed by atoms with E-state index in [0.717, 1.165) is 0 Å². The Bertz CT molecular complexity index is 89.2. The van der Waals surface area contributed by atoms with Gasteiger partial charge in [0, 0.05) is 12.1 Å². The standard InChI is InChI=1S/C8H17N/c1-4-8(5-2)6-7-9(8)3/h4-7H2,1-3H3. The zero-order chi connectivity index (χ0) is 6.91. The van der Waals surface area contributed by atoms with E-state index in [4.69, 9.17) is 0 Å². The maximum atomic E-state index is 2.48. The topological polar surface area (TPSA) is 3.24 Å². The van der Waals surface area contributed by atoms with E-state index in [1.54, 1.807) is 0 Å². The van der Waals surface area contributed by atoms with Crippen molar-refractivity contribution in [2.24, 2.45) is 0 Å². The van der Waals surface area contributed by atoms with Crippen molar-refractivity contribution in [2.45, 2.75) is 38.6 Å². The van der Waals surface area contributed by atoms with E-state index >= 15 is 0 Å². The van der Waals surface area contributed by atoms with E-state index in [2.05, 4.69) is 25.8 Å². The minimum Gasteiger partial charge on any atom is -0.301 e. The van der Waals surface area contributed by atoms with Gasteiger partial charge in [0.2, 0.25) is 0 Å². The van der Waals surface area contributed by atoms with Crippen LogP contribution in [0.1, 0.15) is 33.1 Å². The van der Waals surface area contributed by atoms with Crippen molar-refractivity contribution >= 4 is 0 Å². The Morgan fingerprint density at radius 1 is 1.33 bits per heavy atom. The normalized spacial score (nSPS) is 25.7. The van der Waals surface area contributed by atoms with Gasteiger partial charge < -0.3 is 4.90 Å². The van der Waals surface area contributed by atoms with E-state index in [0.29, 0.717) is 5.54 Å². The van der Waals surface area contributed by atoms with Gasteiger partial charge in [-0.3, -0.25) is 0 Å². The third kappa shape index (κ3) is 0.877. The van der Waals surface area contributed by atoms with Gasteiger partial charge in [0.15, 0.2) is 0 Å². The first-order chi connectivity index (χ1) is 4.25. The summed E-state index contributed by atoms with van der Waals surface area (Å²) < 4.78 is 0. The van der Waals surface area contributed by atoms with E-state index in [9.17, 15) is 0 Å². The number of nitrogens with zero attached hydrogens (tertiary/aromatic N) is 1. The van der Waals surface area contributed by atoms with Gasteiger partial charge in [0.25, 0.3) is 0 Å². The van der Waals surface area contributed by atoms with Gasteiger partial charge in [0.1, 0.15) is 0 Å². The van der Waals surface area contributed by atoms with Crippen molar-refractivity contribution in [3.63, 3.8) is 0 Å². The minimum absolute atomic E-state index is 0.597. The third-order valence-corrected chi connectivity index (χ3v) is 3.04. The molecule has 1 heterocycles. The average molecular weight is 127 g/mol. The zero-order valence-corrected chi connectivity index (χ0v) is 6.78. The fourth-order valence-corrected chi connectivity index (χ4v) is 1.80. The van der Waals surface area contributed by atoms with E-state index in [1.165, 1.54) is 25.8 Å². The fraction of sp³-hybridized carbons (Fsp3) is 1.00. The van der Waals surface area contributed by atoms with Crippen molar-refractivity contribution in [1.29, 1.82) is 0 Å². The first-order valence-corrected chi connectivity index (χ1v) is 3.96. The molecule has 0 atom stereocenters. The van der Waals surface area contributed by atoms with Crippen LogP contribution in [0.4, 0.5) is 0 Å². The van der Waals surface area contributed by atoms with Crippen LogP contribution in [0.3, 0.4) is 0 Å². The van der Waals surface area contributed by atoms with Crippen molar-refractivity contribution in [1.82, 2.24) is 4.90 Å². The summed E-state index contributed by atoms with van der Waals surface area (Å²) in [4.78, 5) is 2.48. The summed E-state index contributed by atoms with van der Waals surface area (Å²) in [6.07, 6.45) is 4.05. The van der Waals surface area contributed by atoms with Crippen LogP contribution in [0.2, 0.25) is 0 Å². The van der Waals surface area contributed by atoms with Crippen LogP contribution in [0.15, 0.2) is 0 Å². The molecule has 54 valence electrons. The lowest BCUT2D eigenvalue weighted by Crippen LogP contribution is -2.56. The Morgan fingerprint density at radius 3 is 1.89 bits per heavy atom. The molecule has 0 aromatic heterocycles. The molecule has 0 aromatic carbocycles. The van der Waals surface area contributed by atoms with Crippen LogP contribution in [0.5, 0.6) is 0 Å². The number of rotatable bonds is 2. The third-order valence-electron chi connectivity index (χ3n) is 3.04. The Balaban J connectivity index is 2.48. The second-order valence-corrected chi connectivity index (χ2v) is 3.10. The maximum absolute atomic E-state index is 2.48. The first-order valence-electron chi connectivity index (χ1n) is 3.96. The maximum Gasteiger partial charge on any atom is 0.0213 e. The number of hydrogen-bond acceptors (Lipinski definition) is 1. The second kappa shape index (κ2) is 2.30. The largest absolute Gasteiger partial charge is 0.301 e.